The van der Waals surface area contributed by atoms with Crippen molar-refractivity contribution in [3.63, 3.8) is 0 Å². The van der Waals surface area contributed by atoms with Crippen molar-refractivity contribution in [1.82, 2.24) is 5.32 Å². The van der Waals surface area contributed by atoms with Gasteiger partial charge >= 0.3 is 0 Å². The van der Waals surface area contributed by atoms with Crippen molar-refractivity contribution in [1.29, 1.82) is 0 Å². The van der Waals surface area contributed by atoms with Crippen LogP contribution in [0.25, 0.3) is 0 Å². The van der Waals surface area contributed by atoms with Crippen molar-refractivity contribution in [2.45, 2.75) is 38.2 Å². The van der Waals surface area contributed by atoms with Crippen LogP contribution in [0.2, 0.25) is 0 Å². The smallest absolute Gasteiger partial charge is 0.0700 e. The summed E-state index contributed by atoms with van der Waals surface area (Å²) in [6, 6.07) is 0. The molecule has 0 bridgehead atoms. The summed E-state index contributed by atoms with van der Waals surface area (Å²) in [4.78, 5) is 0. The monoisotopic (exact) mass is 195 g/mol. The van der Waals surface area contributed by atoms with E-state index in [4.69, 9.17) is 4.74 Å². The second kappa shape index (κ2) is 5.52. The third-order valence-corrected chi connectivity index (χ3v) is 3.21. The van der Waals surface area contributed by atoms with Crippen molar-refractivity contribution in [3.8, 4) is 0 Å². The number of allylic oxidation sites excluding steroid dienone is 2. The standard InChI is InChI=1S/C12H21NO/c1-2-5-11(6-3-1)9-13-10-12-7-4-8-14-12/h1-2,11-13H,3-10H2/t11-,12+/m0/s1. The van der Waals surface area contributed by atoms with E-state index in [0.29, 0.717) is 6.10 Å². The highest BCUT2D eigenvalue weighted by molar-refractivity contribution is 4.90. The van der Waals surface area contributed by atoms with Crippen LogP contribution in [0.1, 0.15) is 32.1 Å². The minimum absolute atomic E-state index is 0.495. The van der Waals surface area contributed by atoms with Crippen LogP contribution in [-0.2, 0) is 4.74 Å². The Morgan fingerprint density at radius 3 is 2.93 bits per heavy atom. The maximum absolute atomic E-state index is 5.57. The Hall–Kier alpha value is -0.340. The fourth-order valence-electron chi connectivity index (χ4n) is 2.30. The summed E-state index contributed by atoms with van der Waals surface area (Å²) in [7, 11) is 0. The highest BCUT2D eigenvalue weighted by Crippen LogP contribution is 2.17. The van der Waals surface area contributed by atoms with Crippen LogP contribution < -0.4 is 5.32 Å². The molecule has 0 radical (unpaired) electrons. The molecule has 0 aromatic carbocycles. The molecule has 0 unspecified atom stereocenters. The largest absolute Gasteiger partial charge is 0.377 e. The van der Waals surface area contributed by atoms with E-state index >= 15 is 0 Å². The average molecular weight is 195 g/mol. The van der Waals surface area contributed by atoms with Gasteiger partial charge in [-0.25, -0.2) is 0 Å². The van der Waals surface area contributed by atoms with Gasteiger partial charge in [0.2, 0.25) is 0 Å². The lowest BCUT2D eigenvalue weighted by atomic mass is 9.94. The van der Waals surface area contributed by atoms with Gasteiger partial charge in [0.25, 0.3) is 0 Å². The Bertz CT molecular complexity index is 185. The van der Waals surface area contributed by atoms with E-state index in [1.807, 2.05) is 0 Å². The number of nitrogens with one attached hydrogen (secondary N) is 1. The van der Waals surface area contributed by atoms with Gasteiger partial charge in [-0.15, -0.1) is 0 Å². The molecule has 14 heavy (non-hydrogen) atoms. The van der Waals surface area contributed by atoms with Crippen molar-refractivity contribution in [3.05, 3.63) is 12.2 Å². The van der Waals surface area contributed by atoms with Crippen molar-refractivity contribution in [2.24, 2.45) is 5.92 Å². The molecule has 0 aromatic heterocycles. The molecule has 1 aliphatic carbocycles. The average Bonchev–Trinajstić information content (AvgIpc) is 2.72. The molecule has 2 atom stereocenters. The van der Waals surface area contributed by atoms with E-state index in [9.17, 15) is 0 Å². The lowest BCUT2D eigenvalue weighted by Gasteiger charge is -2.19. The zero-order valence-corrected chi connectivity index (χ0v) is 8.87. The lowest BCUT2D eigenvalue weighted by molar-refractivity contribution is 0.109. The van der Waals surface area contributed by atoms with Crippen LogP contribution in [0, 0.1) is 5.92 Å². The first-order valence-electron chi connectivity index (χ1n) is 5.92. The number of rotatable bonds is 4. The minimum Gasteiger partial charge on any atom is -0.377 e. The van der Waals surface area contributed by atoms with Crippen LogP contribution >= 0.6 is 0 Å². The van der Waals surface area contributed by atoms with E-state index in [-0.39, 0.29) is 0 Å². The van der Waals surface area contributed by atoms with Crippen molar-refractivity contribution < 1.29 is 4.74 Å². The topological polar surface area (TPSA) is 21.3 Å². The van der Waals surface area contributed by atoms with Crippen LogP contribution in [0.4, 0.5) is 0 Å². The SMILES string of the molecule is C1=CC[C@H](CNC[C@H]2CCCO2)CC1. The summed E-state index contributed by atoms with van der Waals surface area (Å²) in [6.45, 7) is 3.20. The molecular weight excluding hydrogens is 174 g/mol. The van der Waals surface area contributed by atoms with E-state index in [0.717, 1.165) is 19.1 Å². The zero-order chi connectivity index (χ0) is 9.64. The quantitative estimate of drug-likeness (QED) is 0.694. The summed E-state index contributed by atoms with van der Waals surface area (Å²) in [5.41, 5.74) is 0. The zero-order valence-electron chi connectivity index (χ0n) is 8.87. The van der Waals surface area contributed by atoms with Gasteiger partial charge in [-0.1, -0.05) is 12.2 Å². The predicted molar refractivity (Wildman–Crippen MR) is 58.3 cm³/mol. The molecule has 0 aromatic rings. The second-order valence-electron chi connectivity index (χ2n) is 4.44. The lowest BCUT2D eigenvalue weighted by Crippen LogP contribution is -2.30. The first-order chi connectivity index (χ1) is 6.95. The van der Waals surface area contributed by atoms with Gasteiger partial charge in [0.1, 0.15) is 0 Å². The van der Waals surface area contributed by atoms with Gasteiger partial charge < -0.3 is 10.1 Å². The number of ether oxygens (including phenoxy) is 1. The summed E-state index contributed by atoms with van der Waals surface area (Å²) in [5, 5.41) is 3.54. The van der Waals surface area contributed by atoms with E-state index in [1.54, 1.807) is 0 Å². The molecule has 0 spiro atoms. The molecule has 0 saturated carbocycles. The van der Waals surface area contributed by atoms with Gasteiger partial charge in [0.05, 0.1) is 6.10 Å². The van der Waals surface area contributed by atoms with Gasteiger partial charge in [-0.3, -0.25) is 0 Å². The Morgan fingerprint density at radius 2 is 2.21 bits per heavy atom. The molecule has 80 valence electrons. The summed E-state index contributed by atoms with van der Waals surface area (Å²) < 4.78 is 5.57. The number of hydrogen-bond acceptors (Lipinski definition) is 2. The highest BCUT2D eigenvalue weighted by Gasteiger charge is 2.15. The van der Waals surface area contributed by atoms with Crippen LogP contribution in [0.5, 0.6) is 0 Å². The maximum Gasteiger partial charge on any atom is 0.0700 e. The Balaban J connectivity index is 1.55. The summed E-state index contributed by atoms with van der Waals surface area (Å²) >= 11 is 0. The fraction of sp³-hybridized carbons (Fsp3) is 0.833. The molecule has 1 aliphatic heterocycles. The minimum atomic E-state index is 0.495. The van der Waals surface area contributed by atoms with E-state index in [2.05, 4.69) is 17.5 Å². The summed E-state index contributed by atoms with van der Waals surface area (Å²) in [6.07, 6.45) is 11.5. The molecule has 1 saturated heterocycles. The Morgan fingerprint density at radius 1 is 1.21 bits per heavy atom. The second-order valence-corrected chi connectivity index (χ2v) is 4.44. The normalized spacial score (nSPS) is 32.3. The van der Waals surface area contributed by atoms with Crippen molar-refractivity contribution >= 4 is 0 Å². The van der Waals surface area contributed by atoms with Crippen LogP contribution in [0.3, 0.4) is 0 Å². The summed E-state index contributed by atoms with van der Waals surface area (Å²) in [5.74, 6) is 0.862. The fourth-order valence-corrected chi connectivity index (χ4v) is 2.30. The predicted octanol–water partition coefficient (Wildman–Crippen LogP) is 2.11. The van der Waals surface area contributed by atoms with Gasteiger partial charge in [-0.2, -0.15) is 0 Å². The van der Waals surface area contributed by atoms with Crippen LogP contribution in [0.15, 0.2) is 12.2 Å². The van der Waals surface area contributed by atoms with Crippen LogP contribution in [-0.4, -0.2) is 25.8 Å². The first kappa shape index (κ1) is 10.2. The maximum atomic E-state index is 5.57. The molecule has 1 N–H and O–H groups in total. The highest BCUT2D eigenvalue weighted by atomic mass is 16.5. The Kier molecular flexibility index (Phi) is 4.02. The number of hydrogen-bond donors (Lipinski definition) is 1. The molecule has 2 nitrogen and oxygen atoms in total. The third kappa shape index (κ3) is 3.10. The van der Waals surface area contributed by atoms with Crippen molar-refractivity contribution in [2.75, 3.05) is 19.7 Å². The molecule has 0 amide bonds. The third-order valence-electron chi connectivity index (χ3n) is 3.21. The molecule has 1 heterocycles. The van der Waals surface area contributed by atoms with E-state index in [1.165, 1.54) is 38.6 Å². The molecule has 2 heteroatoms. The van der Waals surface area contributed by atoms with Gasteiger partial charge in [0, 0.05) is 13.2 Å². The van der Waals surface area contributed by atoms with Gasteiger partial charge in [-0.05, 0) is 44.6 Å². The van der Waals surface area contributed by atoms with Gasteiger partial charge in [0.15, 0.2) is 0 Å². The molecule has 2 aliphatic rings. The first-order valence-corrected chi connectivity index (χ1v) is 5.92. The Labute approximate surface area is 86.7 Å². The molecule has 1 fully saturated rings. The molecular formula is C12H21NO. The van der Waals surface area contributed by atoms with E-state index < -0.39 is 0 Å². The molecule has 2 rings (SSSR count).